The molecular formula is C17H21ClN4O3. The lowest BCUT2D eigenvalue weighted by molar-refractivity contribution is -0.112. The maximum atomic E-state index is 12.2. The zero-order valence-corrected chi connectivity index (χ0v) is 14.8. The van der Waals surface area contributed by atoms with E-state index in [4.69, 9.17) is 26.3 Å². The van der Waals surface area contributed by atoms with Crippen LogP contribution in [0.3, 0.4) is 0 Å². The van der Waals surface area contributed by atoms with Gasteiger partial charge >= 0.3 is 0 Å². The highest BCUT2D eigenvalue weighted by Gasteiger charge is 2.12. The van der Waals surface area contributed by atoms with Gasteiger partial charge in [-0.2, -0.15) is 5.26 Å². The highest BCUT2D eigenvalue weighted by Crippen LogP contribution is 2.27. The molecule has 0 bridgehead atoms. The lowest BCUT2D eigenvalue weighted by Crippen LogP contribution is -2.39. The van der Waals surface area contributed by atoms with E-state index in [0.717, 1.165) is 32.8 Å². The standard InChI is InChI=1S/C17H21ClN4O3/c1-24-16-3-2-14(10-15(16)18)21-17(23)13(11-19)12-20-4-5-22-6-8-25-9-7-22/h2-3,10,12,20H,4-9H2,1H3,(H,21,23)/b13-12-. The minimum Gasteiger partial charge on any atom is -0.495 e. The molecule has 1 aromatic rings. The van der Waals surface area contributed by atoms with Gasteiger partial charge < -0.3 is 20.1 Å². The summed E-state index contributed by atoms with van der Waals surface area (Å²) in [6, 6.07) is 6.76. The fourth-order valence-corrected chi connectivity index (χ4v) is 2.57. The number of morpholine rings is 1. The Kier molecular flexibility index (Phi) is 7.54. The fraction of sp³-hybridized carbons (Fsp3) is 0.412. The average Bonchev–Trinajstić information content (AvgIpc) is 2.62. The van der Waals surface area contributed by atoms with Gasteiger partial charge in [0.15, 0.2) is 0 Å². The molecule has 0 saturated carbocycles. The van der Waals surface area contributed by atoms with Gasteiger partial charge in [0.2, 0.25) is 0 Å². The number of nitrogens with one attached hydrogen (secondary N) is 2. The summed E-state index contributed by atoms with van der Waals surface area (Å²) in [5.41, 5.74) is 0.485. The maximum absolute atomic E-state index is 12.2. The number of carbonyl (C=O) groups is 1. The van der Waals surface area contributed by atoms with Gasteiger partial charge in [0.25, 0.3) is 5.91 Å². The Morgan fingerprint density at radius 2 is 2.24 bits per heavy atom. The van der Waals surface area contributed by atoms with Crippen molar-refractivity contribution in [3.05, 3.63) is 35.0 Å². The van der Waals surface area contributed by atoms with Crippen LogP contribution in [-0.4, -0.2) is 57.3 Å². The van der Waals surface area contributed by atoms with Crippen molar-refractivity contribution in [1.82, 2.24) is 10.2 Å². The van der Waals surface area contributed by atoms with Crippen molar-refractivity contribution in [2.24, 2.45) is 0 Å². The van der Waals surface area contributed by atoms with Crippen molar-refractivity contribution in [2.45, 2.75) is 0 Å². The molecule has 8 heteroatoms. The number of methoxy groups -OCH3 is 1. The first-order valence-electron chi connectivity index (χ1n) is 7.92. The number of amides is 1. The molecule has 1 fully saturated rings. The van der Waals surface area contributed by atoms with Gasteiger partial charge in [-0.25, -0.2) is 0 Å². The zero-order valence-electron chi connectivity index (χ0n) is 14.0. The number of rotatable bonds is 7. The zero-order chi connectivity index (χ0) is 18.1. The van der Waals surface area contributed by atoms with Crippen molar-refractivity contribution in [1.29, 1.82) is 5.26 Å². The number of hydrogen-bond donors (Lipinski definition) is 2. The molecule has 1 aliphatic heterocycles. The van der Waals surface area contributed by atoms with Crippen molar-refractivity contribution in [2.75, 3.05) is 51.8 Å². The van der Waals surface area contributed by atoms with Crippen LogP contribution in [0.1, 0.15) is 0 Å². The molecule has 1 aromatic carbocycles. The monoisotopic (exact) mass is 364 g/mol. The van der Waals surface area contributed by atoms with Crippen LogP contribution in [0.15, 0.2) is 30.0 Å². The van der Waals surface area contributed by atoms with E-state index in [9.17, 15) is 4.79 Å². The van der Waals surface area contributed by atoms with Crippen molar-refractivity contribution < 1.29 is 14.3 Å². The third kappa shape index (κ3) is 5.94. The normalized spacial score (nSPS) is 15.3. The maximum Gasteiger partial charge on any atom is 0.267 e. The fourth-order valence-electron chi connectivity index (χ4n) is 2.31. The van der Waals surface area contributed by atoms with E-state index < -0.39 is 5.91 Å². The number of hydrogen-bond acceptors (Lipinski definition) is 6. The first kappa shape index (κ1) is 19.1. The molecule has 1 aliphatic rings. The van der Waals surface area contributed by atoms with Crippen molar-refractivity contribution >= 4 is 23.2 Å². The van der Waals surface area contributed by atoms with E-state index in [1.807, 2.05) is 6.07 Å². The second kappa shape index (κ2) is 9.89. The summed E-state index contributed by atoms with van der Waals surface area (Å²) in [6.07, 6.45) is 1.43. The number of nitriles is 1. The highest BCUT2D eigenvalue weighted by atomic mass is 35.5. The van der Waals surface area contributed by atoms with Crippen LogP contribution in [0.2, 0.25) is 5.02 Å². The summed E-state index contributed by atoms with van der Waals surface area (Å²) in [5.74, 6) is 0.0168. The number of anilines is 1. The van der Waals surface area contributed by atoms with Crippen LogP contribution in [0, 0.1) is 11.3 Å². The second-order valence-electron chi connectivity index (χ2n) is 5.38. The lowest BCUT2D eigenvalue weighted by atomic mass is 10.2. The Hall–Kier alpha value is -2.27. The van der Waals surface area contributed by atoms with E-state index in [1.165, 1.54) is 13.3 Å². The summed E-state index contributed by atoms with van der Waals surface area (Å²) in [7, 11) is 1.51. The lowest BCUT2D eigenvalue weighted by Gasteiger charge is -2.26. The van der Waals surface area contributed by atoms with Crippen molar-refractivity contribution in [3.63, 3.8) is 0 Å². The van der Waals surface area contributed by atoms with Gasteiger partial charge in [0.1, 0.15) is 17.4 Å². The van der Waals surface area contributed by atoms with E-state index in [-0.39, 0.29) is 5.57 Å². The summed E-state index contributed by atoms with van der Waals surface area (Å²) >= 11 is 6.02. The third-order valence-corrected chi connectivity index (χ3v) is 3.99. The number of benzene rings is 1. The van der Waals surface area contributed by atoms with E-state index in [0.29, 0.717) is 23.0 Å². The minimum atomic E-state index is -0.498. The molecule has 0 aromatic heterocycles. The minimum absolute atomic E-state index is 0.00563. The molecule has 0 spiro atoms. The summed E-state index contributed by atoms with van der Waals surface area (Å²) in [6.45, 7) is 4.75. The smallest absolute Gasteiger partial charge is 0.267 e. The average molecular weight is 365 g/mol. The SMILES string of the molecule is COc1ccc(NC(=O)/C(C#N)=C\NCCN2CCOCC2)cc1Cl. The third-order valence-electron chi connectivity index (χ3n) is 3.70. The molecule has 0 radical (unpaired) electrons. The molecule has 2 N–H and O–H groups in total. The van der Waals surface area contributed by atoms with E-state index >= 15 is 0 Å². The number of carbonyl (C=O) groups excluding carboxylic acids is 1. The predicted octanol–water partition coefficient (Wildman–Crippen LogP) is 1.62. The highest BCUT2D eigenvalue weighted by molar-refractivity contribution is 6.32. The van der Waals surface area contributed by atoms with E-state index in [2.05, 4.69) is 15.5 Å². The van der Waals surface area contributed by atoms with Gasteiger partial charge in [0, 0.05) is 38.1 Å². The quantitative estimate of drug-likeness (QED) is 0.434. The first-order valence-corrected chi connectivity index (χ1v) is 8.30. The van der Waals surface area contributed by atoms with Gasteiger partial charge in [-0.15, -0.1) is 0 Å². The Labute approximate surface area is 152 Å². The van der Waals surface area contributed by atoms with Gasteiger partial charge in [-0.1, -0.05) is 11.6 Å². The molecular weight excluding hydrogens is 344 g/mol. The van der Waals surface area contributed by atoms with Gasteiger partial charge in [-0.05, 0) is 18.2 Å². The summed E-state index contributed by atoms with van der Waals surface area (Å²) < 4.78 is 10.3. The molecule has 25 heavy (non-hydrogen) atoms. The Balaban J connectivity index is 1.85. The number of halogens is 1. The van der Waals surface area contributed by atoms with Gasteiger partial charge in [0.05, 0.1) is 25.3 Å². The summed E-state index contributed by atoms with van der Waals surface area (Å²) in [5, 5.41) is 15.2. The van der Waals surface area contributed by atoms with Crippen LogP contribution in [-0.2, 0) is 9.53 Å². The largest absolute Gasteiger partial charge is 0.495 e. The molecule has 1 saturated heterocycles. The molecule has 0 atom stereocenters. The Bertz CT molecular complexity index is 666. The summed E-state index contributed by atoms with van der Waals surface area (Å²) in [4.78, 5) is 14.4. The Morgan fingerprint density at radius 3 is 2.88 bits per heavy atom. The molecule has 0 aliphatic carbocycles. The molecule has 1 amide bonds. The van der Waals surface area contributed by atoms with Crippen LogP contribution < -0.4 is 15.4 Å². The van der Waals surface area contributed by atoms with Crippen LogP contribution in [0.4, 0.5) is 5.69 Å². The molecule has 2 rings (SSSR count). The molecule has 1 heterocycles. The molecule has 7 nitrogen and oxygen atoms in total. The molecule has 134 valence electrons. The van der Waals surface area contributed by atoms with Crippen molar-refractivity contribution in [3.8, 4) is 11.8 Å². The van der Waals surface area contributed by atoms with Crippen LogP contribution in [0.5, 0.6) is 5.75 Å². The first-order chi connectivity index (χ1) is 12.1. The molecule has 0 unspecified atom stereocenters. The van der Waals surface area contributed by atoms with Crippen LogP contribution >= 0.6 is 11.6 Å². The topological polar surface area (TPSA) is 86.6 Å². The number of nitrogens with zero attached hydrogens (tertiary/aromatic N) is 2. The second-order valence-corrected chi connectivity index (χ2v) is 5.79. The Morgan fingerprint density at radius 1 is 1.48 bits per heavy atom. The number of ether oxygens (including phenoxy) is 2. The van der Waals surface area contributed by atoms with Gasteiger partial charge in [-0.3, -0.25) is 9.69 Å². The predicted molar refractivity (Wildman–Crippen MR) is 95.6 cm³/mol. The van der Waals surface area contributed by atoms with E-state index in [1.54, 1.807) is 18.2 Å². The van der Waals surface area contributed by atoms with Crippen LogP contribution in [0.25, 0.3) is 0 Å².